The van der Waals surface area contributed by atoms with E-state index in [0.29, 0.717) is 6.04 Å². The van der Waals surface area contributed by atoms with Crippen LogP contribution in [0.3, 0.4) is 0 Å². The van der Waals surface area contributed by atoms with Crippen LogP contribution >= 0.6 is 12.4 Å². The first-order chi connectivity index (χ1) is 7.29. The molecule has 2 rings (SSSR count). The number of carbonyl (C=O) groups is 1. The summed E-state index contributed by atoms with van der Waals surface area (Å²) in [5, 5.41) is 3.27. The highest BCUT2D eigenvalue weighted by Gasteiger charge is 2.23. The first-order valence-electron chi connectivity index (χ1n) is 5.32. The summed E-state index contributed by atoms with van der Waals surface area (Å²) in [4.78, 5) is 13.9. The topological polar surface area (TPSA) is 32.3 Å². The molecule has 1 aromatic carbocycles. The van der Waals surface area contributed by atoms with Crippen molar-refractivity contribution in [3.8, 4) is 0 Å². The third-order valence-electron chi connectivity index (χ3n) is 2.92. The van der Waals surface area contributed by atoms with Gasteiger partial charge in [-0.05, 0) is 25.1 Å². The van der Waals surface area contributed by atoms with Gasteiger partial charge in [-0.25, -0.2) is 0 Å². The van der Waals surface area contributed by atoms with E-state index in [1.165, 1.54) is 0 Å². The summed E-state index contributed by atoms with van der Waals surface area (Å²) in [7, 11) is 1.88. The van der Waals surface area contributed by atoms with Crippen LogP contribution in [0.1, 0.15) is 16.8 Å². The molecule has 0 bridgehead atoms. The fraction of sp³-hybridized carbons (Fsp3) is 0.417. The van der Waals surface area contributed by atoms with Crippen molar-refractivity contribution in [3.63, 3.8) is 0 Å². The first kappa shape index (κ1) is 13.0. The van der Waals surface area contributed by atoms with Crippen LogP contribution in [-0.2, 0) is 0 Å². The van der Waals surface area contributed by atoms with Gasteiger partial charge in [-0.2, -0.15) is 0 Å². The van der Waals surface area contributed by atoms with E-state index in [1.54, 1.807) is 0 Å². The summed E-state index contributed by atoms with van der Waals surface area (Å²) in [6, 6.07) is 9.79. The van der Waals surface area contributed by atoms with Crippen LogP contribution in [0.4, 0.5) is 0 Å². The number of rotatable bonds is 2. The summed E-state index contributed by atoms with van der Waals surface area (Å²) in [6.45, 7) is 1.92. The highest BCUT2D eigenvalue weighted by molar-refractivity contribution is 5.94. The Hall–Kier alpha value is -1.06. The standard InChI is InChI=1S/C12H16N2O.ClH/c1-14(11-7-8-13-9-11)12(15)10-5-3-2-4-6-10;/h2-6,11,13H,7-9H2,1H3;1H/t11-;/m0./s1. The zero-order valence-electron chi connectivity index (χ0n) is 9.35. The molecule has 0 radical (unpaired) electrons. The van der Waals surface area contributed by atoms with Gasteiger partial charge in [0.2, 0.25) is 0 Å². The predicted octanol–water partition coefficient (Wildman–Crippen LogP) is 1.54. The maximum atomic E-state index is 12.0. The molecule has 0 aliphatic carbocycles. The van der Waals surface area contributed by atoms with Gasteiger partial charge in [-0.1, -0.05) is 18.2 Å². The lowest BCUT2D eigenvalue weighted by molar-refractivity contribution is 0.0744. The lowest BCUT2D eigenvalue weighted by atomic mass is 10.1. The van der Waals surface area contributed by atoms with Crippen LogP contribution in [0.15, 0.2) is 30.3 Å². The van der Waals surface area contributed by atoms with Gasteiger partial charge in [0.1, 0.15) is 0 Å². The van der Waals surface area contributed by atoms with Crippen molar-refractivity contribution in [2.45, 2.75) is 12.5 Å². The molecule has 0 saturated carbocycles. The molecule has 1 N–H and O–H groups in total. The minimum atomic E-state index is 0. The number of nitrogens with zero attached hydrogens (tertiary/aromatic N) is 1. The molecule has 3 nitrogen and oxygen atoms in total. The zero-order chi connectivity index (χ0) is 10.7. The monoisotopic (exact) mass is 240 g/mol. The maximum absolute atomic E-state index is 12.0. The van der Waals surface area contributed by atoms with Crippen LogP contribution < -0.4 is 5.32 Å². The third kappa shape index (κ3) is 2.74. The molecule has 1 aromatic rings. The van der Waals surface area contributed by atoms with Gasteiger partial charge in [0.25, 0.3) is 5.91 Å². The van der Waals surface area contributed by atoms with Crippen LogP contribution in [-0.4, -0.2) is 37.0 Å². The SMILES string of the molecule is CN(C(=O)c1ccccc1)[C@H]1CCNC1.Cl. The van der Waals surface area contributed by atoms with E-state index in [0.717, 1.165) is 25.1 Å². The largest absolute Gasteiger partial charge is 0.337 e. The van der Waals surface area contributed by atoms with Gasteiger partial charge in [0.05, 0.1) is 0 Å². The van der Waals surface area contributed by atoms with Crippen LogP contribution in [0.25, 0.3) is 0 Å². The van der Waals surface area contributed by atoms with Crippen molar-refractivity contribution in [1.29, 1.82) is 0 Å². The summed E-state index contributed by atoms with van der Waals surface area (Å²) in [6.07, 6.45) is 1.05. The number of halogens is 1. The molecule has 1 amide bonds. The molecule has 88 valence electrons. The van der Waals surface area contributed by atoms with E-state index in [-0.39, 0.29) is 18.3 Å². The molecule has 1 fully saturated rings. The average molecular weight is 241 g/mol. The van der Waals surface area contributed by atoms with E-state index in [2.05, 4.69) is 5.32 Å². The van der Waals surface area contributed by atoms with Gasteiger partial charge >= 0.3 is 0 Å². The molecule has 0 unspecified atom stereocenters. The summed E-state index contributed by atoms with van der Waals surface area (Å²) in [5.41, 5.74) is 0.770. The molecule has 4 heteroatoms. The molecular weight excluding hydrogens is 224 g/mol. The van der Waals surface area contributed by atoms with Crippen molar-refractivity contribution in [1.82, 2.24) is 10.2 Å². The number of hydrogen-bond acceptors (Lipinski definition) is 2. The third-order valence-corrected chi connectivity index (χ3v) is 2.92. The Kier molecular flexibility index (Phi) is 4.77. The van der Waals surface area contributed by atoms with Crippen LogP contribution in [0.5, 0.6) is 0 Å². The molecule has 1 aliphatic heterocycles. The molecule has 16 heavy (non-hydrogen) atoms. The molecule has 0 aromatic heterocycles. The van der Waals surface area contributed by atoms with Gasteiger partial charge < -0.3 is 10.2 Å². The molecule has 1 heterocycles. The van der Waals surface area contributed by atoms with E-state index in [4.69, 9.17) is 0 Å². The van der Waals surface area contributed by atoms with Crippen molar-refractivity contribution in [3.05, 3.63) is 35.9 Å². The lowest BCUT2D eigenvalue weighted by Crippen LogP contribution is -2.38. The van der Waals surface area contributed by atoms with Crippen molar-refractivity contribution >= 4 is 18.3 Å². The Labute approximate surface area is 102 Å². The number of nitrogens with one attached hydrogen (secondary N) is 1. The maximum Gasteiger partial charge on any atom is 0.253 e. The van der Waals surface area contributed by atoms with E-state index in [9.17, 15) is 4.79 Å². The lowest BCUT2D eigenvalue weighted by Gasteiger charge is -2.23. The highest BCUT2D eigenvalue weighted by atomic mass is 35.5. The van der Waals surface area contributed by atoms with Crippen LogP contribution in [0, 0.1) is 0 Å². The fourth-order valence-corrected chi connectivity index (χ4v) is 1.92. The molecule has 1 aliphatic rings. The zero-order valence-corrected chi connectivity index (χ0v) is 10.2. The summed E-state index contributed by atoms with van der Waals surface area (Å²) in [5.74, 6) is 0.115. The Morgan fingerprint density at radius 1 is 1.38 bits per heavy atom. The first-order valence-corrected chi connectivity index (χ1v) is 5.32. The van der Waals surface area contributed by atoms with Crippen molar-refractivity contribution < 1.29 is 4.79 Å². The number of amides is 1. The molecule has 0 spiro atoms. The molecular formula is C12H17ClN2O. The second-order valence-corrected chi connectivity index (χ2v) is 3.93. The number of likely N-dealkylation sites (N-methyl/N-ethyl adjacent to an activating group) is 1. The smallest absolute Gasteiger partial charge is 0.253 e. The molecule has 1 saturated heterocycles. The average Bonchev–Trinajstić information content (AvgIpc) is 2.82. The second-order valence-electron chi connectivity index (χ2n) is 3.93. The summed E-state index contributed by atoms with van der Waals surface area (Å²) >= 11 is 0. The van der Waals surface area contributed by atoms with E-state index >= 15 is 0 Å². The normalized spacial score (nSPS) is 18.9. The minimum absolute atomic E-state index is 0. The minimum Gasteiger partial charge on any atom is -0.337 e. The van der Waals surface area contributed by atoms with Gasteiger partial charge in [0, 0.05) is 25.2 Å². The molecule has 1 atom stereocenters. The fourth-order valence-electron chi connectivity index (χ4n) is 1.92. The highest BCUT2D eigenvalue weighted by Crippen LogP contribution is 2.10. The Morgan fingerprint density at radius 2 is 2.06 bits per heavy atom. The second kappa shape index (κ2) is 5.87. The van der Waals surface area contributed by atoms with Crippen molar-refractivity contribution in [2.24, 2.45) is 0 Å². The Bertz CT molecular complexity index is 336. The van der Waals surface area contributed by atoms with Crippen molar-refractivity contribution in [2.75, 3.05) is 20.1 Å². The van der Waals surface area contributed by atoms with Crippen LogP contribution in [0.2, 0.25) is 0 Å². The number of hydrogen-bond donors (Lipinski definition) is 1. The van der Waals surface area contributed by atoms with Gasteiger partial charge in [-0.3, -0.25) is 4.79 Å². The Balaban J connectivity index is 0.00000128. The number of carbonyl (C=O) groups excluding carboxylic acids is 1. The predicted molar refractivity (Wildman–Crippen MR) is 67.1 cm³/mol. The summed E-state index contributed by atoms with van der Waals surface area (Å²) < 4.78 is 0. The number of benzene rings is 1. The van der Waals surface area contributed by atoms with E-state index in [1.807, 2.05) is 42.3 Å². The quantitative estimate of drug-likeness (QED) is 0.851. The Morgan fingerprint density at radius 3 is 2.62 bits per heavy atom. The van der Waals surface area contributed by atoms with E-state index < -0.39 is 0 Å². The van der Waals surface area contributed by atoms with Gasteiger partial charge in [0.15, 0.2) is 0 Å². The van der Waals surface area contributed by atoms with Gasteiger partial charge in [-0.15, -0.1) is 12.4 Å².